The van der Waals surface area contributed by atoms with Gasteiger partial charge in [0.25, 0.3) is 5.91 Å². The van der Waals surface area contributed by atoms with E-state index in [9.17, 15) is 9.90 Å². The van der Waals surface area contributed by atoms with Crippen molar-refractivity contribution in [3.8, 4) is 0 Å². The maximum Gasteiger partial charge on any atom is 0.267 e. The zero-order valence-corrected chi connectivity index (χ0v) is 12.1. The number of anilines is 2. The van der Waals surface area contributed by atoms with Crippen molar-refractivity contribution in [1.82, 2.24) is 9.88 Å². The Morgan fingerprint density at radius 3 is 2.79 bits per heavy atom. The molecule has 1 aromatic heterocycles. The van der Waals surface area contributed by atoms with Gasteiger partial charge in [0.05, 0.1) is 6.10 Å². The van der Waals surface area contributed by atoms with Crippen LogP contribution in [0, 0.1) is 0 Å². The normalized spacial score (nSPS) is 18.9. The van der Waals surface area contributed by atoms with Crippen molar-refractivity contribution in [3.63, 3.8) is 0 Å². The van der Waals surface area contributed by atoms with E-state index in [4.69, 9.17) is 5.73 Å². The number of nitrogen functional groups attached to an aromatic ring is 1. The molecule has 1 amide bonds. The predicted molar refractivity (Wildman–Crippen MR) is 76.6 cm³/mol. The second-order valence-corrected chi connectivity index (χ2v) is 5.55. The Morgan fingerprint density at radius 1 is 1.58 bits per heavy atom. The van der Waals surface area contributed by atoms with Crippen molar-refractivity contribution in [2.45, 2.75) is 26.4 Å². The first-order valence-corrected chi connectivity index (χ1v) is 7.37. The van der Waals surface area contributed by atoms with E-state index in [2.05, 4.69) is 9.88 Å². The first kappa shape index (κ1) is 14.1. The fraction of sp³-hybridized carbons (Fsp3) is 0.667. The van der Waals surface area contributed by atoms with Crippen LogP contribution in [0.2, 0.25) is 0 Å². The summed E-state index contributed by atoms with van der Waals surface area (Å²) in [5, 5.41) is 10.3. The Labute approximate surface area is 116 Å². The minimum atomic E-state index is -0.416. The molecule has 1 fully saturated rings. The molecule has 3 N–H and O–H groups in total. The molecule has 0 saturated carbocycles. The molecule has 19 heavy (non-hydrogen) atoms. The Morgan fingerprint density at radius 2 is 2.26 bits per heavy atom. The molecule has 7 heteroatoms. The van der Waals surface area contributed by atoms with E-state index in [0.29, 0.717) is 30.2 Å². The molecule has 0 bridgehead atoms. The molecular weight excluding hydrogens is 264 g/mol. The summed E-state index contributed by atoms with van der Waals surface area (Å²) in [7, 11) is 0. The standard InChI is InChI=1S/C12H20N4O2S/c1-3-15(4-2)12-14-10(13)9(19-12)11(18)16-6-5-8(17)7-16/h8,17H,3-7,13H2,1-2H3. The first-order valence-electron chi connectivity index (χ1n) is 6.55. The van der Waals surface area contributed by atoms with Gasteiger partial charge in [-0.1, -0.05) is 11.3 Å². The van der Waals surface area contributed by atoms with Crippen LogP contribution in [0.4, 0.5) is 10.9 Å². The number of rotatable bonds is 4. The smallest absolute Gasteiger partial charge is 0.267 e. The van der Waals surface area contributed by atoms with E-state index >= 15 is 0 Å². The van der Waals surface area contributed by atoms with Crippen molar-refractivity contribution in [3.05, 3.63) is 4.88 Å². The third-order valence-electron chi connectivity index (χ3n) is 3.32. The van der Waals surface area contributed by atoms with Gasteiger partial charge in [-0.3, -0.25) is 4.79 Å². The zero-order valence-electron chi connectivity index (χ0n) is 11.3. The summed E-state index contributed by atoms with van der Waals surface area (Å²) in [6, 6.07) is 0. The number of aliphatic hydroxyl groups excluding tert-OH is 1. The van der Waals surface area contributed by atoms with Crippen LogP contribution in [0.15, 0.2) is 0 Å². The molecule has 0 aromatic carbocycles. The van der Waals surface area contributed by atoms with E-state index in [1.165, 1.54) is 11.3 Å². The summed E-state index contributed by atoms with van der Waals surface area (Å²) in [5.41, 5.74) is 5.85. The summed E-state index contributed by atoms with van der Waals surface area (Å²) in [5.74, 6) is 0.170. The highest BCUT2D eigenvalue weighted by atomic mass is 32.1. The Balaban J connectivity index is 2.18. The number of aromatic nitrogens is 1. The molecule has 0 spiro atoms. The Bertz CT molecular complexity index is 459. The van der Waals surface area contributed by atoms with E-state index in [1.807, 2.05) is 13.8 Å². The summed E-state index contributed by atoms with van der Waals surface area (Å²) >= 11 is 1.33. The van der Waals surface area contributed by atoms with Gasteiger partial charge in [-0.05, 0) is 20.3 Å². The third kappa shape index (κ3) is 2.82. The van der Waals surface area contributed by atoms with E-state index < -0.39 is 6.10 Å². The Hall–Kier alpha value is -1.34. The van der Waals surface area contributed by atoms with Gasteiger partial charge in [0.1, 0.15) is 10.7 Å². The van der Waals surface area contributed by atoms with Gasteiger partial charge in [-0.25, -0.2) is 4.98 Å². The number of nitrogens with two attached hydrogens (primary N) is 1. The molecule has 2 rings (SSSR count). The van der Waals surface area contributed by atoms with Crippen molar-refractivity contribution >= 4 is 28.2 Å². The number of carbonyl (C=O) groups excluding carboxylic acids is 1. The number of amides is 1. The van der Waals surface area contributed by atoms with E-state index in [-0.39, 0.29) is 5.91 Å². The van der Waals surface area contributed by atoms with Crippen molar-refractivity contribution < 1.29 is 9.90 Å². The lowest BCUT2D eigenvalue weighted by Crippen LogP contribution is -2.29. The predicted octanol–water partition coefficient (Wildman–Crippen LogP) is 0.778. The quantitative estimate of drug-likeness (QED) is 0.853. The van der Waals surface area contributed by atoms with Crippen molar-refractivity contribution in [1.29, 1.82) is 0 Å². The molecule has 2 heterocycles. The minimum absolute atomic E-state index is 0.120. The number of hydrogen-bond donors (Lipinski definition) is 2. The molecule has 1 aliphatic rings. The molecule has 1 unspecified atom stereocenters. The van der Waals surface area contributed by atoms with Crippen LogP contribution < -0.4 is 10.6 Å². The van der Waals surface area contributed by atoms with Gasteiger partial charge in [-0.2, -0.15) is 0 Å². The lowest BCUT2D eigenvalue weighted by molar-refractivity contribution is 0.0770. The number of thiazole rings is 1. The summed E-state index contributed by atoms with van der Waals surface area (Å²) in [6.45, 7) is 6.71. The SMILES string of the molecule is CCN(CC)c1nc(N)c(C(=O)N2CCC(O)C2)s1. The Kier molecular flexibility index (Phi) is 4.26. The van der Waals surface area contributed by atoms with Crippen LogP contribution in [-0.4, -0.2) is 53.2 Å². The fourth-order valence-electron chi connectivity index (χ4n) is 2.17. The molecule has 1 aliphatic heterocycles. The highest BCUT2D eigenvalue weighted by molar-refractivity contribution is 7.18. The third-order valence-corrected chi connectivity index (χ3v) is 4.44. The maximum absolute atomic E-state index is 12.3. The molecule has 0 radical (unpaired) electrons. The number of nitrogens with zero attached hydrogens (tertiary/aromatic N) is 3. The molecule has 1 saturated heterocycles. The van der Waals surface area contributed by atoms with Gasteiger partial charge < -0.3 is 20.6 Å². The van der Waals surface area contributed by atoms with Crippen LogP contribution in [0.25, 0.3) is 0 Å². The van der Waals surface area contributed by atoms with Crippen LogP contribution >= 0.6 is 11.3 Å². The van der Waals surface area contributed by atoms with Gasteiger partial charge in [0.2, 0.25) is 0 Å². The summed E-state index contributed by atoms with van der Waals surface area (Å²) < 4.78 is 0. The molecule has 1 aromatic rings. The molecule has 0 aliphatic carbocycles. The highest BCUT2D eigenvalue weighted by Gasteiger charge is 2.29. The van der Waals surface area contributed by atoms with Crippen LogP contribution in [0.3, 0.4) is 0 Å². The molecule has 1 atom stereocenters. The second kappa shape index (κ2) is 5.75. The lowest BCUT2D eigenvalue weighted by Gasteiger charge is -2.16. The largest absolute Gasteiger partial charge is 0.391 e. The molecule has 6 nitrogen and oxygen atoms in total. The topological polar surface area (TPSA) is 82.7 Å². The fourth-order valence-corrected chi connectivity index (χ4v) is 3.25. The minimum Gasteiger partial charge on any atom is -0.391 e. The van der Waals surface area contributed by atoms with Crippen molar-refractivity contribution in [2.75, 3.05) is 36.8 Å². The lowest BCUT2D eigenvalue weighted by atomic mass is 10.3. The number of likely N-dealkylation sites (tertiary alicyclic amines) is 1. The highest BCUT2D eigenvalue weighted by Crippen LogP contribution is 2.29. The number of hydrogen-bond acceptors (Lipinski definition) is 6. The monoisotopic (exact) mass is 284 g/mol. The van der Waals surface area contributed by atoms with Crippen LogP contribution in [0.1, 0.15) is 29.9 Å². The first-order chi connectivity index (χ1) is 9.06. The van der Waals surface area contributed by atoms with Crippen molar-refractivity contribution in [2.24, 2.45) is 0 Å². The average molecular weight is 284 g/mol. The molecular formula is C12H20N4O2S. The number of carbonyl (C=O) groups is 1. The van der Waals surface area contributed by atoms with Gasteiger partial charge in [0.15, 0.2) is 5.13 Å². The average Bonchev–Trinajstić information content (AvgIpc) is 2.97. The molecule has 106 valence electrons. The number of β-amino-alcohol motifs (C(OH)–C–C–N with tert-alkyl or cyclic N) is 1. The van der Waals surface area contributed by atoms with Gasteiger partial charge in [-0.15, -0.1) is 0 Å². The summed E-state index contributed by atoms with van der Waals surface area (Å²) in [6.07, 6.45) is 0.216. The van der Waals surface area contributed by atoms with E-state index in [0.717, 1.165) is 18.2 Å². The van der Waals surface area contributed by atoms with Crippen LogP contribution in [0.5, 0.6) is 0 Å². The second-order valence-electron chi connectivity index (χ2n) is 4.58. The zero-order chi connectivity index (χ0) is 14.0. The number of aliphatic hydroxyl groups is 1. The van der Waals surface area contributed by atoms with Crippen LogP contribution in [-0.2, 0) is 0 Å². The van der Waals surface area contributed by atoms with Gasteiger partial charge >= 0.3 is 0 Å². The summed E-state index contributed by atoms with van der Waals surface area (Å²) in [4.78, 5) is 20.8. The van der Waals surface area contributed by atoms with E-state index in [1.54, 1.807) is 4.90 Å². The van der Waals surface area contributed by atoms with Gasteiger partial charge in [0, 0.05) is 26.2 Å². The maximum atomic E-state index is 12.3.